The number of nitrogens with zero attached hydrogens (tertiary/aromatic N) is 2. The minimum absolute atomic E-state index is 0.0525. The Hall–Kier alpha value is -1.18. The first-order valence-corrected chi connectivity index (χ1v) is 8.52. The molecule has 0 bridgehead atoms. The molecule has 0 saturated carbocycles. The van der Waals surface area contributed by atoms with Crippen LogP contribution in [0.15, 0.2) is 23.2 Å². The second kappa shape index (κ2) is 6.51. The van der Waals surface area contributed by atoms with Crippen molar-refractivity contribution in [2.24, 2.45) is 5.14 Å². The molecule has 1 fully saturated rings. The Labute approximate surface area is 120 Å². The summed E-state index contributed by atoms with van der Waals surface area (Å²) in [5, 5.41) is 8.55. The maximum Gasteiger partial charge on any atom is 0.239 e. The first kappa shape index (κ1) is 15.2. The van der Waals surface area contributed by atoms with Gasteiger partial charge in [-0.2, -0.15) is 0 Å². The number of anilines is 1. The number of nitrogens with one attached hydrogen (secondary N) is 1. The number of hydrogen-bond donors (Lipinski definition) is 2. The molecule has 0 aromatic carbocycles. The van der Waals surface area contributed by atoms with Gasteiger partial charge in [-0.25, -0.2) is 18.5 Å². The van der Waals surface area contributed by atoms with Crippen LogP contribution in [0.5, 0.6) is 0 Å². The van der Waals surface area contributed by atoms with Crippen molar-refractivity contribution in [3.8, 4) is 0 Å². The lowest BCUT2D eigenvalue weighted by atomic mass is 10.2. The Morgan fingerprint density at radius 1 is 1.50 bits per heavy atom. The van der Waals surface area contributed by atoms with Crippen LogP contribution in [0, 0.1) is 0 Å². The van der Waals surface area contributed by atoms with Gasteiger partial charge in [-0.15, -0.1) is 0 Å². The van der Waals surface area contributed by atoms with E-state index in [9.17, 15) is 8.42 Å². The second-order valence-electron chi connectivity index (χ2n) is 5.14. The molecule has 1 saturated heterocycles. The second-order valence-corrected chi connectivity index (χ2v) is 6.70. The smallest absolute Gasteiger partial charge is 0.239 e. The molecule has 6 nitrogen and oxygen atoms in total. The zero-order chi connectivity index (χ0) is 14.6. The standard InChI is InChI=1S/C13H22N4O2S/c1-2-8-17(10-11-4-3-7-15-11)13-6-5-12(9-16-13)20(14,18)19/h5-6,9,11,15H,2-4,7-8,10H2,1H3,(H2,14,18,19). The Morgan fingerprint density at radius 3 is 2.80 bits per heavy atom. The highest BCUT2D eigenvalue weighted by molar-refractivity contribution is 7.89. The fourth-order valence-electron chi connectivity index (χ4n) is 2.48. The molecule has 0 radical (unpaired) electrons. The quantitative estimate of drug-likeness (QED) is 0.807. The molecule has 2 heterocycles. The Morgan fingerprint density at radius 2 is 2.30 bits per heavy atom. The van der Waals surface area contributed by atoms with Crippen molar-refractivity contribution < 1.29 is 8.42 Å². The molecule has 1 aromatic heterocycles. The van der Waals surface area contributed by atoms with E-state index in [-0.39, 0.29) is 4.90 Å². The lowest BCUT2D eigenvalue weighted by Crippen LogP contribution is -2.38. The fraction of sp³-hybridized carbons (Fsp3) is 0.615. The van der Waals surface area contributed by atoms with Crippen LogP contribution in [0.1, 0.15) is 26.2 Å². The zero-order valence-corrected chi connectivity index (χ0v) is 12.6. The van der Waals surface area contributed by atoms with Crippen LogP contribution in [-0.4, -0.2) is 39.1 Å². The molecule has 1 aliphatic heterocycles. The monoisotopic (exact) mass is 298 g/mol. The summed E-state index contributed by atoms with van der Waals surface area (Å²) in [5.74, 6) is 0.799. The summed E-state index contributed by atoms with van der Waals surface area (Å²) in [5.41, 5.74) is 0. The van der Waals surface area contributed by atoms with E-state index in [0.29, 0.717) is 6.04 Å². The third-order valence-corrected chi connectivity index (χ3v) is 4.37. The molecule has 1 aliphatic rings. The van der Waals surface area contributed by atoms with Crippen molar-refractivity contribution in [3.05, 3.63) is 18.3 Å². The number of sulfonamides is 1. The van der Waals surface area contributed by atoms with Crippen molar-refractivity contribution in [1.82, 2.24) is 10.3 Å². The predicted molar refractivity (Wildman–Crippen MR) is 79.1 cm³/mol. The first-order chi connectivity index (χ1) is 9.50. The van der Waals surface area contributed by atoms with Gasteiger partial charge >= 0.3 is 0 Å². The summed E-state index contributed by atoms with van der Waals surface area (Å²) < 4.78 is 22.5. The summed E-state index contributed by atoms with van der Waals surface area (Å²) in [6.45, 7) is 4.99. The van der Waals surface area contributed by atoms with Gasteiger partial charge in [0.1, 0.15) is 10.7 Å². The number of primary sulfonamides is 1. The minimum atomic E-state index is -3.67. The highest BCUT2D eigenvalue weighted by Crippen LogP contribution is 2.16. The zero-order valence-electron chi connectivity index (χ0n) is 11.7. The van der Waals surface area contributed by atoms with Crippen LogP contribution in [0.25, 0.3) is 0 Å². The van der Waals surface area contributed by atoms with Gasteiger partial charge in [-0.1, -0.05) is 6.92 Å². The SMILES string of the molecule is CCCN(CC1CCCN1)c1ccc(S(N)(=O)=O)cn1. The molecule has 0 amide bonds. The summed E-state index contributed by atoms with van der Waals surface area (Å²) in [6.07, 6.45) is 4.73. The van der Waals surface area contributed by atoms with Crippen LogP contribution in [0.4, 0.5) is 5.82 Å². The molecule has 7 heteroatoms. The van der Waals surface area contributed by atoms with E-state index in [1.807, 2.05) is 0 Å². The summed E-state index contributed by atoms with van der Waals surface area (Å²) in [6, 6.07) is 3.73. The van der Waals surface area contributed by atoms with Crippen LogP contribution < -0.4 is 15.4 Å². The van der Waals surface area contributed by atoms with E-state index in [0.717, 1.165) is 31.9 Å². The number of rotatable bonds is 6. The maximum absolute atomic E-state index is 11.2. The molecule has 2 rings (SSSR count). The molecule has 1 unspecified atom stereocenters. The van der Waals surface area contributed by atoms with Gasteiger partial charge in [0.05, 0.1) is 0 Å². The van der Waals surface area contributed by atoms with E-state index >= 15 is 0 Å². The lowest BCUT2D eigenvalue weighted by molar-refractivity contribution is 0.574. The summed E-state index contributed by atoms with van der Waals surface area (Å²) in [7, 11) is -3.67. The predicted octanol–water partition coefficient (Wildman–Crippen LogP) is 0.697. The third-order valence-electron chi connectivity index (χ3n) is 3.47. The van der Waals surface area contributed by atoms with E-state index in [4.69, 9.17) is 5.14 Å². The number of aromatic nitrogens is 1. The molecular formula is C13H22N4O2S. The van der Waals surface area contributed by atoms with E-state index in [1.54, 1.807) is 6.07 Å². The average molecular weight is 298 g/mol. The highest BCUT2D eigenvalue weighted by atomic mass is 32.2. The van der Waals surface area contributed by atoms with Crippen molar-refractivity contribution in [1.29, 1.82) is 0 Å². The van der Waals surface area contributed by atoms with Crippen molar-refractivity contribution in [2.75, 3.05) is 24.5 Å². The van der Waals surface area contributed by atoms with Gasteiger partial charge < -0.3 is 10.2 Å². The van der Waals surface area contributed by atoms with Crippen molar-refractivity contribution in [3.63, 3.8) is 0 Å². The van der Waals surface area contributed by atoms with E-state index in [2.05, 4.69) is 22.1 Å². The highest BCUT2D eigenvalue weighted by Gasteiger charge is 2.19. The van der Waals surface area contributed by atoms with Crippen LogP contribution in [0.2, 0.25) is 0 Å². The molecule has 0 spiro atoms. The Balaban J connectivity index is 2.12. The molecule has 1 aromatic rings. The Kier molecular flexibility index (Phi) is 4.95. The van der Waals surface area contributed by atoms with Gasteiger partial charge in [0, 0.05) is 25.3 Å². The topological polar surface area (TPSA) is 88.3 Å². The average Bonchev–Trinajstić information content (AvgIpc) is 2.90. The van der Waals surface area contributed by atoms with E-state index in [1.165, 1.54) is 25.1 Å². The number of hydrogen-bond acceptors (Lipinski definition) is 5. The normalized spacial score (nSPS) is 19.2. The van der Waals surface area contributed by atoms with Crippen molar-refractivity contribution >= 4 is 15.8 Å². The fourth-order valence-corrected chi connectivity index (χ4v) is 2.93. The molecule has 1 atom stereocenters. The van der Waals surface area contributed by atoms with Crippen LogP contribution in [-0.2, 0) is 10.0 Å². The van der Waals surface area contributed by atoms with Crippen LogP contribution >= 0.6 is 0 Å². The summed E-state index contributed by atoms with van der Waals surface area (Å²) in [4.78, 5) is 6.49. The van der Waals surface area contributed by atoms with Gasteiger partial charge in [0.25, 0.3) is 0 Å². The number of pyridine rings is 1. The maximum atomic E-state index is 11.2. The van der Waals surface area contributed by atoms with Crippen molar-refractivity contribution in [2.45, 2.75) is 37.1 Å². The van der Waals surface area contributed by atoms with Gasteiger partial charge in [-0.05, 0) is 37.9 Å². The largest absolute Gasteiger partial charge is 0.355 e. The Bertz CT molecular complexity index is 524. The molecule has 0 aliphatic carbocycles. The first-order valence-electron chi connectivity index (χ1n) is 6.98. The number of nitrogens with two attached hydrogens (primary N) is 1. The van der Waals surface area contributed by atoms with Crippen LogP contribution in [0.3, 0.4) is 0 Å². The van der Waals surface area contributed by atoms with Gasteiger partial charge in [0.2, 0.25) is 10.0 Å². The van der Waals surface area contributed by atoms with Gasteiger partial charge in [-0.3, -0.25) is 0 Å². The molecule has 20 heavy (non-hydrogen) atoms. The third kappa shape index (κ3) is 3.91. The molecule has 3 N–H and O–H groups in total. The van der Waals surface area contributed by atoms with E-state index < -0.39 is 10.0 Å². The molecular weight excluding hydrogens is 276 g/mol. The lowest BCUT2D eigenvalue weighted by Gasteiger charge is -2.26. The minimum Gasteiger partial charge on any atom is -0.355 e. The van der Waals surface area contributed by atoms with Gasteiger partial charge in [0.15, 0.2) is 0 Å². The summed E-state index contributed by atoms with van der Waals surface area (Å²) >= 11 is 0. The molecule has 112 valence electrons.